The summed E-state index contributed by atoms with van der Waals surface area (Å²) in [5.74, 6) is -0.902. The number of hydrogen-bond donors (Lipinski definition) is 2. The molecule has 2 N–H and O–H groups in total. The summed E-state index contributed by atoms with van der Waals surface area (Å²) in [4.78, 5) is 38.7. The Morgan fingerprint density at radius 3 is 2.37 bits per heavy atom. The number of imide groups is 1. The first kappa shape index (κ1) is 27.8. The predicted octanol–water partition coefficient (Wildman–Crippen LogP) is 6.97. The lowest BCUT2D eigenvalue weighted by molar-refractivity contribution is -0.127. The number of anilines is 1. The number of halogens is 4. The highest BCUT2D eigenvalue weighted by molar-refractivity contribution is 6.42. The maximum Gasteiger partial charge on any atom is 0.329 e. The topological polar surface area (TPSA) is 87.7 Å². The first-order valence-corrected chi connectivity index (χ1v) is 13.0. The third-order valence-electron chi connectivity index (χ3n) is 5.64. The van der Waals surface area contributed by atoms with E-state index in [1.807, 2.05) is 19.1 Å². The Kier molecular flexibility index (Phi) is 8.84. The largest absolute Gasteiger partial charge is 0.486 e. The van der Waals surface area contributed by atoms with Crippen LogP contribution in [0.15, 0.2) is 60.3 Å². The summed E-state index contributed by atoms with van der Waals surface area (Å²) in [6.07, 6.45) is 2.14. The molecule has 4 amide bonds. The molecular formula is C27H21Cl4N3O4. The Balaban J connectivity index is 1.44. The van der Waals surface area contributed by atoms with Crippen LogP contribution in [0, 0.1) is 0 Å². The fourth-order valence-electron chi connectivity index (χ4n) is 3.75. The molecule has 0 radical (unpaired) electrons. The monoisotopic (exact) mass is 591 g/mol. The quantitative estimate of drug-likeness (QED) is 0.218. The van der Waals surface area contributed by atoms with Gasteiger partial charge in [0.2, 0.25) is 5.91 Å². The first-order valence-electron chi connectivity index (χ1n) is 11.4. The van der Waals surface area contributed by atoms with E-state index in [1.54, 1.807) is 42.5 Å². The molecule has 7 nitrogen and oxygen atoms in total. The summed E-state index contributed by atoms with van der Waals surface area (Å²) >= 11 is 24.7. The van der Waals surface area contributed by atoms with Crippen molar-refractivity contribution < 1.29 is 19.1 Å². The second-order valence-corrected chi connectivity index (χ2v) is 9.92. The molecule has 38 heavy (non-hydrogen) atoms. The van der Waals surface area contributed by atoms with E-state index in [9.17, 15) is 14.4 Å². The molecule has 0 unspecified atom stereocenters. The number of rotatable bonds is 8. The van der Waals surface area contributed by atoms with Crippen LogP contribution in [0.25, 0.3) is 6.08 Å². The molecule has 1 heterocycles. The lowest BCUT2D eigenvalue weighted by atomic mass is 10.1. The van der Waals surface area contributed by atoms with Gasteiger partial charge in [-0.25, -0.2) is 9.69 Å². The highest BCUT2D eigenvalue weighted by Gasteiger charge is 2.35. The number of amides is 4. The van der Waals surface area contributed by atoms with Crippen molar-refractivity contribution in [2.45, 2.75) is 20.0 Å². The van der Waals surface area contributed by atoms with Gasteiger partial charge in [-0.2, -0.15) is 0 Å². The lowest BCUT2D eigenvalue weighted by Crippen LogP contribution is -2.38. The van der Waals surface area contributed by atoms with Crippen LogP contribution in [0.3, 0.4) is 0 Å². The number of ether oxygens (including phenoxy) is 1. The van der Waals surface area contributed by atoms with E-state index in [-0.39, 0.29) is 28.1 Å². The minimum Gasteiger partial charge on any atom is -0.486 e. The molecule has 0 aromatic heterocycles. The second kappa shape index (κ2) is 12.1. The lowest BCUT2D eigenvalue weighted by Gasteiger charge is -2.13. The molecule has 3 aromatic carbocycles. The summed E-state index contributed by atoms with van der Waals surface area (Å²) < 4.78 is 5.76. The zero-order valence-corrected chi connectivity index (χ0v) is 23.0. The Labute approximate surface area is 239 Å². The van der Waals surface area contributed by atoms with Gasteiger partial charge >= 0.3 is 6.03 Å². The Morgan fingerprint density at radius 1 is 0.974 bits per heavy atom. The van der Waals surface area contributed by atoms with Crippen molar-refractivity contribution in [1.29, 1.82) is 0 Å². The molecule has 1 aliphatic heterocycles. The molecule has 0 spiro atoms. The SMILES string of the molecule is CCc1ccccc1NC(=O)CN1C(=O)N/C(=C/c2cc(Cl)c(OCc3ccc(Cl)c(Cl)c3)c(Cl)c2)C1=O. The van der Waals surface area contributed by atoms with Crippen LogP contribution in [0.4, 0.5) is 10.5 Å². The van der Waals surface area contributed by atoms with Crippen molar-refractivity contribution in [3.05, 3.63) is 97.1 Å². The summed E-state index contributed by atoms with van der Waals surface area (Å²) in [5, 5.41) is 6.46. The van der Waals surface area contributed by atoms with E-state index in [4.69, 9.17) is 51.1 Å². The molecule has 11 heteroatoms. The van der Waals surface area contributed by atoms with Gasteiger partial charge in [0.05, 0.1) is 20.1 Å². The minimum atomic E-state index is -0.709. The third-order valence-corrected chi connectivity index (χ3v) is 6.94. The number of benzene rings is 3. The van der Waals surface area contributed by atoms with Gasteiger partial charge < -0.3 is 15.4 Å². The third kappa shape index (κ3) is 6.42. The van der Waals surface area contributed by atoms with Crippen molar-refractivity contribution in [2.24, 2.45) is 0 Å². The Hall–Kier alpha value is -3.23. The Bertz CT molecular complexity index is 1430. The number of nitrogens with one attached hydrogen (secondary N) is 2. The number of nitrogens with zero attached hydrogens (tertiary/aromatic N) is 1. The number of para-hydroxylation sites is 1. The molecule has 3 aromatic rings. The summed E-state index contributed by atoms with van der Waals surface area (Å²) in [5.41, 5.74) is 2.77. The number of aryl methyl sites for hydroxylation is 1. The maximum absolute atomic E-state index is 12.9. The van der Waals surface area contributed by atoms with Crippen LogP contribution in [0.5, 0.6) is 5.75 Å². The van der Waals surface area contributed by atoms with E-state index in [1.165, 1.54) is 6.08 Å². The summed E-state index contributed by atoms with van der Waals surface area (Å²) in [6.45, 7) is 1.67. The van der Waals surface area contributed by atoms with Crippen molar-refractivity contribution in [2.75, 3.05) is 11.9 Å². The van der Waals surface area contributed by atoms with Gasteiger partial charge in [0.25, 0.3) is 5.91 Å². The van der Waals surface area contributed by atoms with Crippen LogP contribution >= 0.6 is 46.4 Å². The van der Waals surface area contributed by atoms with Crippen LogP contribution < -0.4 is 15.4 Å². The first-order chi connectivity index (χ1) is 18.2. The number of carbonyl (C=O) groups excluding carboxylic acids is 3. The molecule has 196 valence electrons. The fourth-order valence-corrected chi connectivity index (χ4v) is 4.69. The van der Waals surface area contributed by atoms with Crippen molar-refractivity contribution in [3.63, 3.8) is 0 Å². The van der Waals surface area contributed by atoms with Crippen LogP contribution in [0.1, 0.15) is 23.6 Å². The van der Waals surface area contributed by atoms with Crippen molar-refractivity contribution >= 4 is 76.0 Å². The number of carbonyl (C=O) groups is 3. The molecule has 0 aliphatic carbocycles. The highest BCUT2D eigenvalue weighted by Crippen LogP contribution is 2.36. The van der Waals surface area contributed by atoms with E-state index < -0.39 is 24.4 Å². The predicted molar refractivity (Wildman–Crippen MR) is 150 cm³/mol. The summed E-state index contributed by atoms with van der Waals surface area (Å²) in [6, 6.07) is 14.8. The van der Waals surface area contributed by atoms with Gasteiger partial charge in [0.1, 0.15) is 18.8 Å². The molecular weight excluding hydrogens is 572 g/mol. The molecule has 4 rings (SSSR count). The number of hydrogen-bond acceptors (Lipinski definition) is 4. The average molecular weight is 593 g/mol. The van der Waals surface area contributed by atoms with Crippen molar-refractivity contribution in [1.82, 2.24) is 10.2 Å². The van der Waals surface area contributed by atoms with E-state index in [2.05, 4.69) is 10.6 Å². The standard InChI is InChI=1S/C27H21Cl4N3O4/c1-2-17-5-3-4-6-22(17)32-24(35)13-34-26(36)23(33-27(34)37)12-16-10-20(30)25(21(31)11-16)38-14-15-7-8-18(28)19(29)9-15/h3-12H,2,13-14H2,1H3,(H,32,35)(H,33,37)/b23-12+. The molecule has 0 atom stereocenters. The van der Waals surface area contributed by atoms with Gasteiger partial charge in [-0.05, 0) is 59.5 Å². The molecule has 0 saturated carbocycles. The average Bonchev–Trinajstić information content (AvgIpc) is 3.13. The number of urea groups is 1. The van der Waals surface area contributed by atoms with Crippen LogP contribution in [0.2, 0.25) is 20.1 Å². The van der Waals surface area contributed by atoms with Crippen molar-refractivity contribution in [3.8, 4) is 5.75 Å². The zero-order valence-electron chi connectivity index (χ0n) is 20.0. The zero-order chi connectivity index (χ0) is 27.4. The molecule has 1 fully saturated rings. The Morgan fingerprint density at radius 2 is 1.68 bits per heavy atom. The molecule has 1 aliphatic rings. The smallest absolute Gasteiger partial charge is 0.329 e. The van der Waals surface area contributed by atoms with E-state index in [0.29, 0.717) is 21.3 Å². The highest BCUT2D eigenvalue weighted by atomic mass is 35.5. The van der Waals surface area contributed by atoms with E-state index >= 15 is 0 Å². The summed E-state index contributed by atoms with van der Waals surface area (Å²) in [7, 11) is 0. The minimum absolute atomic E-state index is 0.0200. The van der Waals surface area contributed by atoms with Gasteiger partial charge in [-0.1, -0.05) is 77.6 Å². The van der Waals surface area contributed by atoms with Crippen LogP contribution in [-0.2, 0) is 22.6 Å². The molecule has 0 bridgehead atoms. The van der Waals surface area contributed by atoms with Crippen LogP contribution in [-0.4, -0.2) is 29.3 Å². The van der Waals surface area contributed by atoms with Gasteiger partial charge in [-0.15, -0.1) is 0 Å². The van der Waals surface area contributed by atoms with Gasteiger partial charge in [0.15, 0.2) is 5.75 Å². The normalized spacial score (nSPS) is 14.1. The second-order valence-electron chi connectivity index (χ2n) is 8.29. The maximum atomic E-state index is 12.9. The van der Waals surface area contributed by atoms with Gasteiger partial charge in [0, 0.05) is 5.69 Å². The van der Waals surface area contributed by atoms with Gasteiger partial charge in [-0.3, -0.25) is 9.59 Å². The fraction of sp³-hybridized carbons (Fsp3) is 0.148. The molecule has 1 saturated heterocycles. The van der Waals surface area contributed by atoms with E-state index in [0.717, 1.165) is 22.4 Å².